The Hall–Kier alpha value is -2.07. The highest BCUT2D eigenvalue weighted by molar-refractivity contribution is 9.10. The summed E-state index contributed by atoms with van der Waals surface area (Å²) >= 11 is 3.29. The number of ketones is 1. The molecule has 0 spiro atoms. The fourth-order valence-electron chi connectivity index (χ4n) is 3.10. The number of ether oxygens (including phenoxy) is 1. The van der Waals surface area contributed by atoms with Gasteiger partial charge in [0.1, 0.15) is 5.71 Å². The molecule has 3 rings (SSSR count). The van der Waals surface area contributed by atoms with Gasteiger partial charge in [-0.3, -0.25) is 9.59 Å². The SMILES string of the molecule is C[C@H](OC(=O)C1=NN([C@@H]2CCS(=O)(=O)C2)C(=O)CC1)C(=O)c1ccc(Br)cc1. The van der Waals surface area contributed by atoms with E-state index >= 15 is 0 Å². The van der Waals surface area contributed by atoms with Gasteiger partial charge in [-0.2, -0.15) is 5.10 Å². The van der Waals surface area contributed by atoms with E-state index in [1.807, 2.05) is 0 Å². The molecule has 1 fully saturated rings. The van der Waals surface area contributed by atoms with E-state index in [-0.39, 0.29) is 41.7 Å². The topological polar surface area (TPSA) is 110 Å². The van der Waals surface area contributed by atoms with Crippen molar-refractivity contribution < 1.29 is 27.5 Å². The van der Waals surface area contributed by atoms with Crippen LogP contribution >= 0.6 is 15.9 Å². The Bertz CT molecular complexity index is 941. The summed E-state index contributed by atoms with van der Waals surface area (Å²) in [5, 5.41) is 5.14. The van der Waals surface area contributed by atoms with Gasteiger partial charge in [0, 0.05) is 22.9 Å². The molecule has 28 heavy (non-hydrogen) atoms. The predicted molar refractivity (Wildman–Crippen MR) is 105 cm³/mol. The van der Waals surface area contributed by atoms with Crippen LogP contribution in [0.2, 0.25) is 0 Å². The van der Waals surface area contributed by atoms with Gasteiger partial charge in [0.25, 0.3) is 0 Å². The third-order valence-electron chi connectivity index (χ3n) is 4.63. The van der Waals surface area contributed by atoms with Gasteiger partial charge in [-0.15, -0.1) is 0 Å². The highest BCUT2D eigenvalue weighted by Gasteiger charge is 2.37. The first-order valence-electron chi connectivity index (χ1n) is 8.77. The number of hydrogen-bond donors (Lipinski definition) is 0. The lowest BCUT2D eigenvalue weighted by molar-refractivity contribution is -0.139. The first kappa shape index (κ1) is 20.7. The number of sulfone groups is 1. The Morgan fingerprint density at radius 2 is 1.93 bits per heavy atom. The van der Waals surface area contributed by atoms with Gasteiger partial charge in [-0.05, 0) is 25.5 Å². The maximum Gasteiger partial charge on any atom is 0.355 e. The normalized spacial score (nSPS) is 22.5. The summed E-state index contributed by atoms with van der Waals surface area (Å²) in [6, 6.07) is 6.10. The Balaban J connectivity index is 1.69. The molecule has 1 aromatic carbocycles. The number of halogens is 1. The van der Waals surface area contributed by atoms with Gasteiger partial charge in [-0.25, -0.2) is 18.2 Å². The van der Waals surface area contributed by atoms with Gasteiger partial charge < -0.3 is 4.74 Å². The van der Waals surface area contributed by atoms with Crippen molar-refractivity contribution in [3.05, 3.63) is 34.3 Å². The molecule has 0 unspecified atom stereocenters. The smallest absolute Gasteiger partial charge is 0.355 e. The number of hydrogen-bond acceptors (Lipinski definition) is 7. The molecule has 2 aliphatic heterocycles. The van der Waals surface area contributed by atoms with Crippen LogP contribution in [0.3, 0.4) is 0 Å². The Morgan fingerprint density at radius 3 is 2.54 bits per heavy atom. The summed E-state index contributed by atoms with van der Waals surface area (Å²) < 4.78 is 29.4. The number of carbonyl (C=O) groups excluding carboxylic acids is 3. The molecule has 1 aromatic rings. The van der Waals surface area contributed by atoms with Crippen molar-refractivity contribution in [1.29, 1.82) is 0 Å². The standard InChI is InChI=1S/C18H19BrN2O6S/c1-11(17(23)12-2-4-13(19)5-3-12)27-18(24)15-6-7-16(22)21(20-15)14-8-9-28(25,26)10-14/h2-5,11,14H,6-10H2,1H3/t11-,14+/m0/s1. The Morgan fingerprint density at radius 1 is 1.25 bits per heavy atom. The van der Waals surface area contributed by atoms with E-state index in [4.69, 9.17) is 4.74 Å². The lowest BCUT2D eigenvalue weighted by atomic mass is 10.1. The van der Waals surface area contributed by atoms with E-state index < -0.39 is 28.0 Å². The lowest BCUT2D eigenvalue weighted by Gasteiger charge is -2.27. The molecule has 2 atom stereocenters. The third kappa shape index (κ3) is 4.67. The van der Waals surface area contributed by atoms with E-state index in [1.54, 1.807) is 24.3 Å². The number of nitrogens with zero attached hydrogens (tertiary/aromatic N) is 2. The van der Waals surface area contributed by atoms with Crippen LogP contribution in [0.25, 0.3) is 0 Å². The number of hydrazone groups is 1. The highest BCUT2D eigenvalue weighted by atomic mass is 79.9. The van der Waals surface area contributed by atoms with Crippen LogP contribution in [0.4, 0.5) is 0 Å². The minimum absolute atomic E-state index is 0.00449. The maximum absolute atomic E-state index is 12.4. The summed E-state index contributed by atoms with van der Waals surface area (Å²) in [5.41, 5.74) is 0.418. The van der Waals surface area contributed by atoms with E-state index in [2.05, 4.69) is 21.0 Å². The summed E-state index contributed by atoms with van der Waals surface area (Å²) in [5.74, 6) is -1.63. The minimum Gasteiger partial charge on any atom is -0.450 e. The van der Waals surface area contributed by atoms with Crippen molar-refractivity contribution in [2.45, 2.75) is 38.3 Å². The number of Topliss-reactive ketones (excluding diaryl/α,β-unsaturated/α-hetero) is 1. The summed E-state index contributed by atoms with van der Waals surface area (Å²) in [6.45, 7) is 1.47. The lowest BCUT2D eigenvalue weighted by Crippen LogP contribution is -2.42. The first-order chi connectivity index (χ1) is 13.2. The zero-order valence-electron chi connectivity index (χ0n) is 15.1. The number of esters is 1. The molecule has 2 aliphatic rings. The van der Waals surface area contributed by atoms with Gasteiger partial charge >= 0.3 is 5.97 Å². The molecule has 0 N–H and O–H groups in total. The Kier molecular flexibility index (Phi) is 5.99. The molecule has 10 heteroatoms. The van der Waals surface area contributed by atoms with Crippen molar-refractivity contribution in [2.24, 2.45) is 5.10 Å². The summed E-state index contributed by atoms with van der Waals surface area (Å²) in [4.78, 5) is 36.9. The molecule has 0 radical (unpaired) electrons. The van der Waals surface area contributed by atoms with Crippen LogP contribution in [0.15, 0.2) is 33.8 Å². The molecule has 1 saturated heterocycles. The zero-order chi connectivity index (χ0) is 20.5. The molecular formula is C18H19BrN2O6S. The number of rotatable bonds is 5. The highest BCUT2D eigenvalue weighted by Crippen LogP contribution is 2.22. The van der Waals surface area contributed by atoms with Crippen molar-refractivity contribution in [1.82, 2.24) is 5.01 Å². The third-order valence-corrected chi connectivity index (χ3v) is 6.91. The van der Waals surface area contributed by atoms with Crippen molar-refractivity contribution in [2.75, 3.05) is 11.5 Å². The molecule has 0 aromatic heterocycles. The minimum atomic E-state index is -3.20. The van der Waals surface area contributed by atoms with Crippen LogP contribution in [0, 0.1) is 0 Å². The van der Waals surface area contributed by atoms with Gasteiger partial charge in [0.15, 0.2) is 15.9 Å². The van der Waals surface area contributed by atoms with Crippen LogP contribution in [0.1, 0.15) is 36.5 Å². The van der Waals surface area contributed by atoms with Crippen LogP contribution in [-0.4, -0.2) is 60.4 Å². The van der Waals surface area contributed by atoms with Crippen LogP contribution in [0.5, 0.6) is 0 Å². The monoisotopic (exact) mass is 470 g/mol. The fourth-order valence-corrected chi connectivity index (χ4v) is 5.06. The largest absolute Gasteiger partial charge is 0.450 e. The zero-order valence-corrected chi connectivity index (χ0v) is 17.5. The van der Waals surface area contributed by atoms with Crippen LogP contribution < -0.4 is 0 Å². The molecule has 1 amide bonds. The summed E-state index contributed by atoms with van der Waals surface area (Å²) in [7, 11) is -3.20. The average Bonchev–Trinajstić information content (AvgIpc) is 3.01. The number of amides is 1. The summed E-state index contributed by atoms with van der Waals surface area (Å²) in [6.07, 6.45) is -0.598. The second-order valence-corrected chi connectivity index (χ2v) is 9.90. The van der Waals surface area contributed by atoms with Gasteiger partial charge in [0.05, 0.1) is 17.5 Å². The quantitative estimate of drug-likeness (QED) is 0.478. The second kappa shape index (κ2) is 8.12. The Labute approximate surface area is 171 Å². The van der Waals surface area contributed by atoms with Gasteiger partial charge in [-0.1, -0.05) is 28.1 Å². The van der Waals surface area contributed by atoms with E-state index in [0.29, 0.717) is 12.0 Å². The molecule has 0 saturated carbocycles. The maximum atomic E-state index is 12.4. The molecule has 0 bridgehead atoms. The molecular weight excluding hydrogens is 452 g/mol. The number of carbonyl (C=O) groups is 3. The molecule has 150 valence electrons. The fraction of sp³-hybridized carbons (Fsp3) is 0.444. The van der Waals surface area contributed by atoms with Gasteiger partial charge in [0.2, 0.25) is 11.7 Å². The van der Waals surface area contributed by atoms with Crippen molar-refractivity contribution in [3.63, 3.8) is 0 Å². The second-order valence-electron chi connectivity index (χ2n) is 6.76. The molecule has 2 heterocycles. The number of benzene rings is 1. The van der Waals surface area contributed by atoms with Crippen molar-refractivity contribution >= 4 is 49.1 Å². The van der Waals surface area contributed by atoms with E-state index in [1.165, 1.54) is 6.92 Å². The predicted octanol–water partition coefficient (Wildman–Crippen LogP) is 1.73. The van der Waals surface area contributed by atoms with E-state index in [0.717, 1.165) is 9.48 Å². The first-order valence-corrected chi connectivity index (χ1v) is 11.4. The average molecular weight is 471 g/mol. The van der Waals surface area contributed by atoms with Crippen molar-refractivity contribution in [3.8, 4) is 0 Å². The van der Waals surface area contributed by atoms with E-state index in [9.17, 15) is 22.8 Å². The molecule has 0 aliphatic carbocycles. The van der Waals surface area contributed by atoms with Crippen LogP contribution in [-0.2, 0) is 24.2 Å². The molecule has 8 nitrogen and oxygen atoms in total.